The summed E-state index contributed by atoms with van der Waals surface area (Å²) in [5, 5.41) is 4.91. The summed E-state index contributed by atoms with van der Waals surface area (Å²) in [7, 11) is -4.27. The number of carbonyl (C=O) groups is 1. The van der Waals surface area contributed by atoms with Gasteiger partial charge in [-0.05, 0) is 24.0 Å². The van der Waals surface area contributed by atoms with Gasteiger partial charge in [-0.1, -0.05) is 36.7 Å². The molecule has 0 aliphatic heterocycles. The normalized spacial score (nSPS) is 12.3. The number of nitrogens with two attached hydrogens (primary N) is 1. The topological polar surface area (TPSA) is 86.5 Å². The molecule has 0 radical (unpaired) electrons. The van der Waals surface area contributed by atoms with Crippen molar-refractivity contribution in [3.05, 3.63) is 28.0 Å². The Labute approximate surface area is 131 Å². The maximum Gasteiger partial charge on any atom is 0.341 e. The second-order valence-electron chi connectivity index (χ2n) is 5.76. The summed E-state index contributed by atoms with van der Waals surface area (Å²) >= 11 is 3.01. The lowest BCUT2D eigenvalue weighted by molar-refractivity contribution is 0.0459. The van der Waals surface area contributed by atoms with Gasteiger partial charge in [0.1, 0.15) is 4.90 Å². The molecule has 0 aliphatic rings. The fourth-order valence-corrected chi connectivity index (χ4v) is 2.71. The molecule has 118 valence electrons. The van der Waals surface area contributed by atoms with Crippen LogP contribution >= 0.6 is 15.9 Å². The number of primary sulfonamides is 1. The van der Waals surface area contributed by atoms with Gasteiger partial charge in [-0.3, -0.25) is 0 Å². The maximum absolute atomic E-state index is 14.1. The van der Waals surface area contributed by atoms with Crippen molar-refractivity contribution in [3.63, 3.8) is 0 Å². The van der Waals surface area contributed by atoms with E-state index in [1.807, 2.05) is 20.8 Å². The first-order chi connectivity index (χ1) is 9.42. The Hall–Kier alpha value is -0.990. The first-order valence-electron chi connectivity index (χ1n) is 6.11. The van der Waals surface area contributed by atoms with E-state index in [0.29, 0.717) is 6.42 Å². The Kier molecular flexibility index (Phi) is 5.51. The molecule has 1 aromatic carbocycles. The van der Waals surface area contributed by atoms with E-state index in [1.54, 1.807) is 0 Å². The average Bonchev–Trinajstić information content (AvgIpc) is 2.28. The third kappa shape index (κ3) is 5.37. The van der Waals surface area contributed by atoms with Crippen LogP contribution in [0.15, 0.2) is 21.5 Å². The molecule has 0 aromatic heterocycles. The van der Waals surface area contributed by atoms with Crippen LogP contribution in [0.5, 0.6) is 0 Å². The Morgan fingerprint density at radius 2 is 1.95 bits per heavy atom. The fraction of sp³-hybridized carbons (Fsp3) is 0.462. The molecule has 0 aliphatic carbocycles. The molecular formula is C13H17BrFNO4S. The average molecular weight is 382 g/mol. The molecule has 1 rings (SSSR count). The standard InChI is InChI=1S/C13H17BrFNO4S/c1-13(2,3)4-5-20-12(17)9-6-8(14)7-10(11(9)15)21(16,18)19/h6-7H,4-5H2,1-3H3,(H2,16,18,19). The lowest BCUT2D eigenvalue weighted by Crippen LogP contribution is -2.18. The molecule has 0 atom stereocenters. The predicted octanol–water partition coefficient (Wildman–Crippen LogP) is 2.83. The number of benzene rings is 1. The lowest BCUT2D eigenvalue weighted by atomic mass is 9.93. The summed E-state index contributed by atoms with van der Waals surface area (Å²) in [4.78, 5) is 11.1. The van der Waals surface area contributed by atoms with Gasteiger partial charge in [-0.15, -0.1) is 0 Å². The van der Waals surface area contributed by atoms with Crippen molar-refractivity contribution >= 4 is 31.9 Å². The summed E-state index contributed by atoms with van der Waals surface area (Å²) in [5.41, 5.74) is -0.510. The van der Waals surface area contributed by atoms with Crippen molar-refractivity contribution in [2.75, 3.05) is 6.61 Å². The highest BCUT2D eigenvalue weighted by molar-refractivity contribution is 9.10. The van der Waals surface area contributed by atoms with Gasteiger partial charge in [-0.2, -0.15) is 0 Å². The van der Waals surface area contributed by atoms with Crippen molar-refractivity contribution < 1.29 is 22.3 Å². The summed E-state index contributed by atoms with van der Waals surface area (Å²) in [6.07, 6.45) is 0.594. The van der Waals surface area contributed by atoms with Crippen LogP contribution in [0.3, 0.4) is 0 Å². The second kappa shape index (κ2) is 6.41. The van der Waals surface area contributed by atoms with Crippen molar-refractivity contribution in [1.29, 1.82) is 0 Å². The Morgan fingerprint density at radius 1 is 1.38 bits per heavy atom. The zero-order chi connectivity index (χ0) is 16.4. The van der Waals surface area contributed by atoms with E-state index in [2.05, 4.69) is 15.9 Å². The zero-order valence-corrected chi connectivity index (χ0v) is 14.3. The van der Waals surface area contributed by atoms with Crippen LogP contribution in [-0.4, -0.2) is 21.0 Å². The van der Waals surface area contributed by atoms with Crippen LogP contribution < -0.4 is 5.14 Å². The molecule has 5 nitrogen and oxygen atoms in total. The minimum atomic E-state index is -4.27. The van der Waals surface area contributed by atoms with E-state index >= 15 is 0 Å². The molecule has 0 saturated carbocycles. The molecule has 0 unspecified atom stereocenters. The highest BCUT2D eigenvalue weighted by Gasteiger charge is 2.24. The maximum atomic E-state index is 14.1. The number of sulfonamides is 1. The van der Waals surface area contributed by atoms with Gasteiger partial charge in [-0.25, -0.2) is 22.7 Å². The fourth-order valence-electron chi connectivity index (χ4n) is 1.45. The van der Waals surface area contributed by atoms with E-state index in [0.717, 1.165) is 12.1 Å². The molecule has 8 heteroatoms. The van der Waals surface area contributed by atoms with Crippen molar-refractivity contribution in [2.45, 2.75) is 32.1 Å². The SMILES string of the molecule is CC(C)(C)CCOC(=O)c1cc(Br)cc(S(N)(=O)=O)c1F. The number of halogens is 2. The van der Waals surface area contributed by atoms with E-state index in [4.69, 9.17) is 9.88 Å². The van der Waals surface area contributed by atoms with Gasteiger partial charge in [0.2, 0.25) is 10.0 Å². The molecule has 0 amide bonds. The number of hydrogen-bond donors (Lipinski definition) is 1. The molecule has 21 heavy (non-hydrogen) atoms. The smallest absolute Gasteiger partial charge is 0.341 e. The summed E-state index contributed by atoms with van der Waals surface area (Å²) in [5.74, 6) is -2.13. The quantitative estimate of drug-likeness (QED) is 0.812. The largest absolute Gasteiger partial charge is 0.462 e. The minimum Gasteiger partial charge on any atom is -0.462 e. The number of esters is 1. The van der Waals surface area contributed by atoms with Crippen molar-refractivity contribution in [3.8, 4) is 0 Å². The third-order valence-corrected chi connectivity index (χ3v) is 3.98. The van der Waals surface area contributed by atoms with E-state index in [-0.39, 0.29) is 16.5 Å². The van der Waals surface area contributed by atoms with Crippen LogP contribution in [-0.2, 0) is 14.8 Å². The van der Waals surface area contributed by atoms with Crippen LogP contribution in [0.4, 0.5) is 4.39 Å². The van der Waals surface area contributed by atoms with Crippen LogP contribution in [0.2, 0.25) is 0 Å². The summed E-state index contributed by atoms with van der Waals surface area (Å²) in [6.45, 7) is 6.03. The van der Waals surface area contributed by atoms with E-state index in [9.17, 15) is 17.6 Å². The highest BCUT2D eigenvalue weighted by atomic mass is 79.9. The van der Waals surface area contributed by atoms with Gasteiger partial charge in [0.25, 0.3) is 0 Å². The molecule has 1 aromatic rings. The molecule has 0 spiro atoms. The highest BCUT2D eigenvalue weighted by Crippen LogP contribution is 2.24. The van der Waals surface area contributed by atoms with Gasteiger partial charge in [0.15, 0.2) is 5.82 Å². The predicted molar refractivity (Wildman–Crippen MR) is 79.8 cm³/mol. The van der Waals surface area contributed by atoms with Crippen LogP contribution in [0, 0.1) is 11.2 Å². The van der Waals surface area contributed by atoms with E-state index < -0.39 is 32.3 Å². The van der Waals surface area contributed by atoms with Gasteiger partial charge >= 0.3 is 5.97 Å². The molecule has 0 saturated heterocycles. The second-order valence-corrected chi connectivity index (χ2v) is 8.20. The summed E-state index contributed by atoms with van der Waals surface area (Å²) in [6, 6.07) is 2.15. The molecule has 2 N–H and O–H groups in total. The number of rotatable bonds is 4. The van der Waals surface area contributed by atoms with Crippen LogP contribution in [0.1, 0.15) is 37.6 Å². The number of ether oxygens (including phenoxy) is 1. The molecule has 0 fully saturated rings. The third-order valence-electron chi connectivity index (χ3n) is 2.62. The minimum absolute atomic E-state index is 0.0398. The zero-order valence-electron chi connectivity index (χ0n) is 11.9. The first-order valence-corrected chi connectivity index (χ1v) is 8.45. The van der Waals surface area contributed by atoms with E-state index in [1.165, 1.54) is 0 Å². The number of carbonyl (C=O) groups excluding carboxylic acids is 1. The Balaban J connectivity index is 3.03. The molecule has 0 heterocycles. The Morgan fingerprint density at radius 3 is 2.43 bits per heavy atom. The van der Waals surface area contributed by atoms with Crippen molar-refractivity contribution in [2.24, 2.45) is 10.6 Å². The van der Waals surface area contributed by atoms with Gasteiger partial charge in [0.05, 0.1) is 12.2 Å². The van der Waals surface area contributed by atoms with Gasteiger partial charge < -0.3 is 4.74 Å². The van der Waals surface area contributed by atoms with Crippen LogP contribution in [0.25, 0.3) is 0 Å². The Bertz CT molecular complexity index is 653. The summed E-state index contributed by atoms with van der Waals surface area (Å²) < 4.78 is 41.9. The molecule has 0 bridgehead atoms. The molecular weight excluding hydrogens is 365 g/mol. The first kappa shape index (κ1) is 18.1. The number of hydrogen-bond acceptors (Lipinski definition) is 4. The monoisotopic (exact) mass is 381 g/mol. The van der Waals surface area contributed by atoms with Crippen molar-refractivity contribution in [1.82, 2.24) is 0 Å². The van der Waals surface area contributed by atoms with Gasteiger partial charge in [0, 0.05) is 4.47 Å². The lowest BCUT2D eigenvalue weighted by Gasteiger charge is -2.17.